The van der Waals surface area contributed by atoms with Crippen LogP contribution in [0.5, 0.6) is 0 Å². The number of anilines is 3. The largest absolute Gasteiger partial charge is 0.310 e. The van der Waals surface area contributed by atoms with E-state index in [2.05, 4.69) is 138 Å². The van der Waals surface area contributed by atoms with Gasteiger partial charge in [0.2, 0.25) is 0 Å². The number of aromatic nitrogens is 3. The van der Waals surface area contributed by atoms with Crippen molar-refractivity contribution in [1.29, 1.82) is 0 Å². The number of hydrogen-bond acceptors (Lipinski definition) is 4. The SMILES string of the molecule is c1ccc(C2(c3ccccc3)c3ccccc3N(c3ccc(-c4nc(C56CC7CC(CC(C7)C5)C6)nc(C56CC7CC(CC(C7)C5)C6)n4)cc3)c3ccccc32)cc1. The van der Waals surface area contributed by atoms with Crippen LogP contribution in [0, 0.1) is 35.5 Å². The molecule has 8 aliphatic carbocycles. The average Bonchev–Trinajstić information content (AvgIpc) is 3.25. The maximum absolute atomic E-state index is 5.71. The Morgan fingerprint density at radius 3 is 1.19 bits per heavy atom. The molecule has 0 radical (unpaired) electrons. The molecule has 0 N–H and O–H groups in total. The van der Waals surface area contributed by atoms with E-state index in [1.807, 2.05) is 0 Å². The van der Waals surface area contributed by atoms with Gasteiger partial charge < -0.3 is 4.90 Å². The summed E-state index contributed by atoms with van der Waals surface area (Å²) in [6.45, 7) is 0. The summed E-state index contributed by atoms with van der Waals surface area (Å²) in [6.07, 6.45) is 16.3. The van der Waals surface area contributed by atoms with Crippen molar-refractivity contribution in [2.75, 3.05) is 4.90 Å². The lowest BCUT2D eigenvalue weighted by molar-refractivity contribution is -0.0155. The molecule has 4 nitrogen and oxygen atoms in total. The van der Waals surface area contributed by atoms with Crippen molar-refractivity contribution < 1.29 is 0 Å². The van der Waals surface area contributed by atoms with Crippen LogP contribution in [0.25, 0.3) is 11.4 Å². The Hall–Kier alpha value is -5.09. The quantitative estimate of drug-likeness (QED) is 0.169. The molecule has 0 saturated heterocycles. The van der Waals surface area contributed by atoms with Crippen molar-refractivity contribution in [3.05, 3.63) is 167 Å². The van der Waals surface area contributed by atoms with E-state index in [0.717, 1.165) is 64.2 Å². The molecule has 9 aliphatic rings. The van der Waals surface area contributed by atoms with Crippen molar-refractivity contribution in [3.63, 3.8) is 0 Å². The van der Waals surface area contributed by atoms with Crippen molar-refractivity contribution in [1.82, 2.24) is 15.0 Å². The standard InChI is InChI=1S/C54H52N4/c1-3-11-42(12-4-1)54(43-13-5-2-6-14-43)45-15-7-9-17-47(45)58(48-18-10-8-16-46(48)54)44-21-19-41(20-22-44)49-55-50(52-29-35-23-36(30-52)25-37(24-35)31-52)57-51(56-49)53-32-38-26-39(33-53)28-40(27-38)34-53/h1-22,35-40H,23-34H2. The smallest absolute Gasteiger partial charge is 0.163 e. The van der Waals surface area contributed by atoms with Crippen LogP contribution >= 0.6 is 0 Å². The highest BCUT2D eigenvalue weighted by atomic mass is 15.2. The van der Waals surface area contributed by atoms with Crippen LogP contribution < -0.4 is 4.90 Å². The van der Waals surface area contributed by atoms with Crippen LogP contribution in [0.3, 0.4) is 0 Å². The first-order valence-corrected chi connectivity index (χ1v) is 22.5. The Kier molecular flexibility index (Phi) is 7.27. The molecule has 15 rings (SSSR count). The van der Waals surface area contributed by atoms with Crippen molar-refractivity contribution in [3.8, 4) is 11.4 Å². The van der Waals surface area contributed by atoms with E-state index >= 15 is 0 Å². The van der Waals surface area contributed by atoms with E-state index in [1.165, 1.54) is 111 Å². The van der Waals surface area contributed by atoms with Gasteiger partial charge in [0, 0.05) is 22.1 Å². The highest BCUT2D eigenvalue weighted by molar-refractivity contribution is 5.89. The van der Waals surface area contributed by atoms with Gasteiger partial charge in [-0.1, -0.05) is 97.1 Å². The number of nitrogens with zero attached hydrogens (tertiary/aromatic N) is 4. The average molecular weight is 757 g/mol. The molecule has 0 atom stereocenters. The molecule has 8 saturated carbocycles. The first-order chi connectivity index (χ1) is 28.6. The van der Waals surface area contributed by atoms with E-state index in [9.17, 15) is 0 Å². The van der Waals surface area contributed by atoms with Crippen molar-refractivity contribution >= 4 is 17.1 Å². The van der Waals surface area contributed by atoms with E-state index in [1.54, 1.807) is 0 Å². The predicted molar refractivity (Wildman–Crippen MR) is 232 cm³/mol. The first kappa shape index (κ1) is 33.8. The van der Waals surface area contributed by atoms with Crippen LogP contribution in [0.15, 0.2) is 133 Å². The van der Waals surface area contributed by atoms with Gasteiger partial charge in [0.1, 0.15) is 11.6 Å². The number of rotatable bonds is 6. The Morgan fingerprint density at radius 2 is 0.776 bits per heavy atom. The third-order valence-electron chi connectivity index (χ3n) is 16.6. The lowest BCUT2D eigenvalue weighted by Crippen LogP contribution is -2.51. The third kappa shape index (κ3) is 4.90. The Bertz CT molecular complexity index is 2320. The van der Waals surface area contributed by atoms with Crippen LogP contribution in [0.2, 0.25) is 0 Å². The second-order valence-electron chi connectivity index (χ2n) is 20.1. The fraction of sp³-hybridized carbons (Fsp3) is 0.389. The molecule has 5 aromatic carbocycles. The van der Waals surface area contributed by atoms with Gasteiger partial charge in [-0.05, 0) is 171 Å². The minimum atomic E-state index is -0.474. The molecule has 6 aromatic rings. The minimum Gasteiger partial charge on any atom is -0.310 e. The van der Waals surface area contributed by atoms with Crippen LogP contribution in [0.4, 0.5) is 17.1 Å². The summed E-state index contributed by atoms with van der Waals surface area (Å²) in [6, 6.07) is 49.5. The van der Waals surface area contributed by atoms with Gasteiger partial charge >= 0.3 is 0 Å². The van der Waals surface area contributed by atoms with E-state index < -0.39 is 5.41 Å². The molecule has 58 heavy (non-hydrogen) atoms. The van der Waals surface area contributed by atoms with Gasteiger partial charge in [0.05, 0.1) is 16.8 Å². The second-order valence-corrected chi connectivity index (χ2v) is 20.1. The molecular formula is C54H52N4. The van der Waals surface area contributed by atoms with Crippen molar-refractivity contribution in [2.24, 2.45) is 35.5 Å². The molecule has 288 valence electrons. The summed E-state index contributed by atoms with van der Waals surface area (Å²) in [4.78, 5) is 19.4. The summed E-state index contributed by atoms with van der Waals surface area (Å²) in [5.74, 6) is 8.34. The Balaban J connectivity index is 0.946. The van der Waals surface area contributed by atoms with Gasteiger partial charge in [-0.2, -0.15) is 0 Å². The van der Waals surface area contributed by atoms with Crippen LogP contribution in [-0.4, -0.2) is 15.0 Å². The molecule has 1 aliphatic heterocycles. The summed E-state index contributed by atoms with van der Waals surface area (Å²) in [5.41, 5.74) is 9.58. The topological polar surface area (TPSA) is 41.9 Å². The molecule has 1 aromatic heterocycles. The zero-order valence-electron chi connectivity index (χ0n) is 33.4. The second kappa shape index (κ2) is 12.5. The number of fused-ring (bicyclic) bond motifs is 2. The lowest BCUT2D eigenvalue weighted by Gasteiger charge is -2.57. The van der Waals surface area contributed by atoms with Crippen molar-refractivity contribution in [2.45, 2.75) is 93.3 Å². The van der Waals surface area contributed by atoms with Crippen LogP contribution in [-0.2, 0) is 16.2 Å². The van der Waals surface area contributed by atoms with Gasteiger partial charge in [0.15, 0.2) is 5.82 Å². The fourth-order valence-electron chi connectivity index (χ4n) is 15.2. The van der Waals surface area contributed by atoms with Gasteiger partial charge in [-0.15, -0.1) is 0 Å². The summed E-state index contributed by atoms with van der Waals surface area (Å²) in [7, 11) is 0. The number of hydrogen-bond donors (Lipinski definition) is 0. The molecule has 0 spiro atoms. The van der Waals surface area contributed by atoms with E-state index in [0.29, 0.717) is 0 Å². The molecule has 2 heterocycles. The Morgan fingerprint density at radius 1 is 0.397 bits per heavy atom. The summed E-state index contributed by atoms with van der Waals surface area (Å²) < 4.78 is 0. The maximum Gasteiger partial charge on any atom is 0.163 e. The zero-order valence-corrected chi connectivity index (χ0v) is 33.4. The number of benzene rings is 5. The normalized spacial score (nSPS) is 31.9. The molecule has 0 unspecified atom stereocenters. The zero-order chi connectivity index (χ0) is 38.1. The molecular weight excluding hydrogens is 705 g/mol. The molecule has 4 heteroatoms. The molecule has 0 amide bonds. The summed E-state index contributed by atoms with van der Waals surface area (Å²) >= 11 is 0. The maximum atomic E-state index is 5.71. The van der Waals surface area contributed by atoms with Crippen LogP contribution in [0.1, 0.15) is 111 Å². The lowest BCUT2D eigenvalue weighted by atomic mass is 9.49. The van der Waals surface area contributed by atoms with E-state index in [-0.39, 0.29) is 10.8 Å². The highest BCUT2D eigenvalue weighted by Crippen LogP contribution is 2.63. The monoisotopic (exact) mass is 756 g/mol. The summed E-state index contributed by atoms with van der Waals surface area (Å²) in [5, 5.41) is 0. The van der Waals surface area contributed by atoms with Gasteiger partial charge in [0.25, 0.3) is 0 Å². The highest BCUT2D eigenvalue weighted by Gasteiger charge is 2.56. The first-order valence-electron chi connectivity index (χ1n) is 22.5. The fourth-order valence-corrected chi connectivity index (χ4v) is 15.2. The van der Waals surface area contributed by atoms with E-state index in [4.69, 9.17) is 15.0 Å². The van der Waals surface area contributed by atoms with Gasteiger partial charge in [-0.3, -0.25) is 0 Å². The predicted octanol–water partition coefficient (Wildman–Crippen LogP) is 12.6. The minimum absolute atomic E-state index is 0.134. The number of para-hydroxylation sites is 2. The molecule has 8 fully saturated rings. The Labute approximate surface area is 343 Å². The van der Waals surface area contributed by atoms with Gasteiger partial charge in [-0.25, -0.2) is 15.0 Å². The third-order valence-corrected chi connectivity index (χ3v) is 16.6. The molecule has 8 bridgehead atoms.